The van der Waals surface area contributed by atoms with Crippen LogP contribution in [0.5, 0.6) is 0 Å². The Kier molecular flexibility index (Phi) is 4.06. The lowest BCUT2D eigenvalue weighted by Gasteiger charge is -2.11. The number of hydrogen-bond donors (Lipinski definition) is 1. The van der Waals surface area contributed by atoms with Gasteiger partial charge in [0.15, 0.2) is 9.84 Å². The Morgan fingerprint density at radius 1 is 1.46 bits per heavy atom. The van der Waals surface area contributed by atoms with E-state index in [0.29, 0.717) is 0 Å². The first-order valence-corrected chi connectivity index (χ1v) is 7.50. The second kappa shape index (κ2) is 4.66. The highest BCUT2D eigenvalue weighted by atomic mass is 32.2. The van der Waals surface area contributed by atoms with Crippen LogP contribution in [0, 0.1) is 0 Å². The number of unbranched alkanes of at least 4 members (excludes halogenated alkanes) is 1. The smallest absolute Gasteiger partial charge is 0.153 e. The molecule has 0 aliphatic carbocycles. The lowest BCUT2D eigenvalue weighted by atomic mass is 10.3. The number of rotatable bonds is 4. The summed E-state index contributed by atoms with van der Waals surface area (Å²) < 4.78 is 22.4. The van der Waals surface area contributed by atoms with E-state index >= 15 is 0 Å². The molecule has 0 bridgehead atoms. The van der Waals surface area contributed by atoms with Crippen LogP contribution in [-0.4, -0.2) is 37.0 Å². The molecule has 1 aliphatic heterocycles. The van der Waals surface area contributed by atoms with Gasteiger partial charge < -0.3 is 5.73 Å². The molecular formula is C8H17NO2S2. The van der Waals surface area contributed by atoms with Crippen LogP contribution in [0.25, 0.3) is 0 Å². The van der Waals surface area contributed by atoms with Crippen molar-refractivity contribution in [3.63, 3.8) is 0 Å². The fourth-order valence-electron chi connectivity index (χ4n) is 1.39. The lowest BCUT2D eigenvalue weighted by molar-refractivity contribution is 0.601. The van der Waals surface area contributed by atoms with Gasteiger partial charge in [0.2, 0.25) is 0 Å². The molecule has 1 fully saturated rings. The summed E-state index contributed by atoms with van der Waals surface area (Å²) in [7, 11) is -2.83. The molecule has 1 saturated heterocycles. The third-order valence-corrected chi connectivity index (χ3v) is 5.61. The summed E-state index contributed by atoms with van der Waals surface area (Å²) in [6, 6.07) is -0.146. The molecule has 1 heterocycles. The molecule has 13 heavy (non-hydrogen) atoms. The van der Waals surface area contributed by atoms with Crippen LogP contribution >= 0.6 is 11.8 Å². The molecule has 0 unspecified atom stereocenters. The largest absolute Gasteiger partial charge is 0.326 e. The van der Waals surface area contributed by atoms with E-state index in [4.69, 9.17) is 5.73 Å². The average Bonchev–Trinajstić information content (AvgIpc) is 2.25. The van der Waals surface area contributed by atoms with Gasteiger partial charge in [-0.1, -0.05) is 13.3 Å². The zero-order valence-corrected chi connectivity index (χ0v) is 9.53. The van der Waals surface area contributed by atoms with Crippen LogP contribution in [0.4, 0.5) is 0 Å². The summed E-state index contributed by atoms with van der Waals surface area (Å²) in [6.45, 7) is 2.13. The van der Waals surface area contributed by atoms with Gasteiger partial charge in [0.05, 0.1) is 11.5 Å². The molecule has 1 rings (SSSR count). The van der Waals surface area contributed by atoms with Gasteiger partial charge >= 0.3 is 0 Å². The molecule has 1 aliphatic rings. The predicted molar refractivity (Wildman–Crippen MR) is 57.8 cm³/mol. The van der Waals surface area contributed by atoms with Crippen molar-refractivity contribution < 1.29 is 8.42 Å². The highest BCUT2D eigenvalue weighted by Crippen LogP contribution is 2.24. The quantitative estimate of drug-likeness (QED) is 0.711. The van der Waals surface area contributed by atoms with Crippen LogP contribution in [-0.2, 0) is 9.84 Å². The van der Waals surface area contributed by atoms with E-state index < -0.39 is 9.84 Å². The summed E-state index contributed by atoms with van der Waals surface area (Å²) in [5.74, 6) is 1.49. The number of hydrogen-bond acceptors (Lipinski definition) is 4. The van der Waals surface area contributed by atoms with E-state index in [-0.39, 0.29) is 22.8 Å². The predicted octanol–water partition coefficient (Wildman–Crippen LogP) is 0.644. The maximum atomic E-state index is 11.2. The summed E-state index contributed by atoms with van der Waals surface area (Å²) in [5.41, 5.74) is 5.74. The lowest BCUT2D eigenvalue weighted by Crippen LogP contribution is -2.30. The summed E-state index contributed by atoms with van der Waals surface area (Å²) in [5, 5.41) is 0.136. The van der Waals surface area contributed by atoms with Crippen LogP contribution in [0.3, 0.4) is 0 Å². The molecule has 78 valence electrons. The zero-order chi connectivity index (χ0) is 9.90. The first-order chi connectivity index (χ1) is 6.05. The van der Waals surface area contributed by atoms with Crippen molar-refractivity contribution in [2.45, 2.75) is 31.1 Å². The van der Waals surface area contributed by atoms with Crippen LogP contribution in [0.1, 0.15) is 19.8 Å². The van der Waals surface area contributed by atoms with Crippen molar-refractivity contribution in [2.24, 2.45) is 5.73 Å². The number of thioether (sulfide) groups is 1. The fourth-order valence-corrected chi connectivity index (χ4v) is 5.33. The molecule has 0 aromatic heterocycles. The average molecular weight is 223 g/mol. The minimum absolute atomic E-state index is 0.136. The SMILES string of the molecule is CCCCS[C@@H]1CS(=O)(=O)C[C@@H]1N. The Balaban J connectivity index is 2.36. The van der Waals surface area contributed by atoms with E-state index in [1.807, 2.05) is 0 Å². The van der Waals surface area contributed by atoms with Crippen molar-refractivity contribution in [1.29, 1.82) is 0 Å². The van der Waals surface area contributed by atoms with E-state index in [2.05, 4.69) is 6.92 Å². The molecular weight excluding hydrogens is 206 g/mol. The topological polar surface area (TPSA) is 60.2 Å². The first kappa shape index (κ1) is 11.3. The molecule has 2 N–H and O–H groups in total. The normalized spacial score (nSPS) is 32.2. The van der Waals surface area contributed by atoms with Gasteiger partial charge in [-0.15, -0.1) is 0 Å². The van der Waals surface area contributed by atoms with E-state index in [9.17, 15) is 8.42 Å². The molecule has 0 aromatic rings. The Morgan fingerprint density at radius 2 is 2.15 bits per heavy atom. The van der Waals surface area contributed by atoms with E-state index in [1.54, 1.807) is 11.8 Å². The maximum Gasteiger partial charge on any atom is 0.153 e. The molecule has 0 saturated carbocycles. The van der Waals surface area contributed by atoms with Crippen molar-refractivity contribution in [2.75, 3.05) is 17.3 Å². The van der Waals surface area contributed by atoms with Crippen LogP contribution in [0.15, 0.2) is 0 Å². The maximum absolute atomic E-state index is 11.2. The molecule has 0 aromatic carbocycles. The van der Waals surface area contributed by atoms with Crippen molar-refractivity contribution in [1.82, 2.24) is 0 Å². The molecule has 2 atom stereocenters. The Bertz CT molecular complexity index is 251. The Labute approximate surface area is 84.4 Å². The van der Waals surface area contributed by atoms with Gasteiger partial charge in [0, 0.05) is 11.3 Å². The minimum Gasteiger partial charge on any atom is -0.326 e. The summed E-state index contributed by atoms with van der Waals surface area (Å²) in [4.78, 5) is 0. The van der Waals surface area contributed by atoms with Crippen LogP contribution < -0.4 is 5.73 Å². The summed E-state index contributed by atoms with van der Waals surface area (Å²) in [6.07, 6.45) is 2.30. The molecule has 5 heteroatoms. The van der Waals surface area contributed by atoms with Crippen molar-refractivity contribution >= 4 is 21.6 Å². The van der Waals surface area contributed by atoms with E-state index in [1.165, 1.54) is 0 Å². The van der Waals surface area contributed by atoms with Crippen LogP contribution in [0.2, 0.25) is 0 Å². The molecule has 0 amide bonds. The first-order valence-electron chi connectivity index (χ1n) is 4.63. The zero-order valence-electron chi connectivity index (χ0n) is 7.90. The van der Waals surface area contributed by atoms with Gasteiger partial charge in [-0.25, -0.2) is 8.42 Å². The third-order valence-electron chi connectivity index (χ3n) is 2.17. The standard InChI is InChI=1S/C8H17NO2S2/c1-2-3-4-12-8-6-13(10,11)5-7(8)9/h7-8H,2-6,9H2,1H3/t7-,8+/m0/s1. The monoisotopic (exact) mass is 223 g/mol. The number of sulfone groups is 1. The van der Waals surface area contributed by atoms with Gasteiger partial charge in [-0.05, 0) is 12.2 Å². The molecule has 0 spiro atoms. The van der Waals surface area contributed by atoms with Gasteiger partial charge in [-0.2, -0.15) is 11.8 Å². The molecule has 3 nitrogen and oxygen atoms in total. The molecule has 0 radical (unpaired) electrons. The third kappa shape index (κ3) is 3.48. The second-order valence-electron chi connectivity index (χ2n) is 3.50. The second-order valence-corrected chi connectivity index (χ2v) is 7.00. The van der Waals surface area contributed by atoms with Gasteiger partial charge in [-0.3, -0.25) is 0 Å². The Hall–Kier alpha value is 0.260. The van der Waals surface area contributed by atoms with Crippen molar-refractivity contribution in [3.05, 3.63) is 0 Å². The van der Waals surface area contributed by atoms with Crippen molar-refractivity contribution in [3.8, 4) is 0 Å². The highest BCUT2D eigenvalue weighted by molar-refractivity contribution is 8.01. The Morgan fingerprint density at radius 3 is 2.62 bits per heavy atom. The minimum atomic E-state index is -2.83. The van der Waals surface area contributed by atoms with Gasteiger partial charge in [0.1, 0.15) is 0 Å². The number of nitrogens with two attached hydrogens (primary N) is 1. The van der Waals surface area contributed by atoms with E-state index in [0.717, 1.165) is 18.6 Å². The fraction of sp³-hybridized carbons (Fsp3) is 1.00. The summed E-state index contributed by atoms with van der Waals surface area (Å²) >= 11 is 1.71. The highest BCUT2D eigenvalue weighted by Gasteiger charge is 2.35. The van der Waals surface area contributed by atoms with Gasteiger partial charge in [0.25, 0.3) is 0 Å².